The molecular weight excluding hydrogens is 491 g/mol. The fourth-order valence-electron chi connectivity index (χ4n) is 2.94. The second-order valence-electron chi connectivity index (χ2n) is 6.48. The highest BCUT2D eigenvalue weighted by Crippen LogP contribution is 2.38. The maximum absolute atomic E-state index is 12.5. The minimum absolute atomic E-state index is 0.0763. The molecule has 160 valence electrons. The number of aromatic nitrogens is 1. The number of nitrogens with zero attached hydrogens (tertiary/aromatic N) is 2. The summed E-state index contributed by atoms with van der Waals surface area (Å²) < 4.78 is 1.01. The summed E-state index contributed by atoms with van der Waals surface area (Å²) >= 11 is 19.4. The average molecular weight is 503 g/mol. The standard InChI is InChI=1S/C21H12Cl2N4O3S2/c22-13-10-14(23)16(9-12(13)20-24-15-6-2-4-8-18(15)32-20)25-21(31)26-19(28)11-5-1-3-7-17(11)27(29)30/h1-10H,(H2,25,26,28,31). The van der Waals surface area contributed by atoms with E-state index in [1.807, 2.05) is 24.3 Å². The van der Waals surface area contributed by atoms with E-state index in [9.17, 15) is 14.9 Å². The Morgan fingerprint density at radius 1 is 1.06 bits per heavy atom. The smallest absolute Gasteiger partial charge is 0.282 e. The zero-order valence-electron chi connectivity index (χ0n) is 16.0. The Kier molecular flexibility index (Phi) is 6.33. The number of nitrogens with one attached hydrogen (secondary N) is 2. The van der Waals surface area contributed by atoms with Gasteiger partial charge in [0.2, 0.25) is 0 Å². The third-order valence-electron chi connectivity index (χ3n) is 4.40. The molecule has 4 rings (SSSR count). The van der Waals surface area contributed by atoms with Crippen molar-refractivity contribution in [2.75, 3.05) is 5.32 Å². The van der Waals surface area contributed by atoms with Gasteiger partial charge in [0, 0.05) is 11.6 Å². The third-order valence-corrected chi connectivity index (χ3v) is 6.30. The first-order valence-electron chi connectivity index (χ1n) is 9.04. The fraction of sp³-hybridized carbons (Fsp3) is 0. The summed E-state index contributed by atoms with van der Waals surface area (Å²) in [6.45, 7) is 0. The second-order valence-corrected chi connectivity index (χ2v) is 8.73. The maximum Gasteiger partial charge on any atom is 0.282 e. The van der Waals surface area contributed by atoms with Crippen molar-refractivity contribution < 1.29 is 9.72 Å². The maximum atomic E-state index is 12.5. The van der Waals surface area contributed by atoms with Gasteiger partial charge >= 0.3 is 0 Å². The fourth-order valence-corrected chi connectivity index (χ4v) is 4.72. The monoisotopic (exact) mass is 502 g/mol. The van der Waals surface area contributed by atoms with Gasteiger partial charge in [0.15, 0.2) is 5.11 Å². The molecule has 0 aliphatic rings. The van der Waals surface area contributed by atoms with Gasteiger partial charge in [-0.15, -0.1) is 11.3 Å². The van der Waals surface area contributed by atoms with Crippen LogP contribution in [-0.4, -0.2) is 20.9 Å². The van der Waals surface area contributed by atoms with Crippen LogP contribution < -0.4 is 10.6 Å². The number of nitro groups is 1. The number of carbonyl (C=O) groups excluding carboxylic acids is 1. The number of thiocarbonyl (C=S) groups is 1. The molecule has 0 saturated heterocycles. The topological polar surface area (TPSA) is 97.2 Å². The lowest BCUT2D eigenvalue weighted by molar-refractivity contribution is -0.385. The van der Waals surface area contributed by atoms with E-state index in [0.29, 0.717) is 21.3 Å². The summed E-state index contributed by atoms with van der Waals surface area (Å²) in [6.07, 6.45) is 0. The van der Waals surface area contributed by atoms with E-state index in [4.69, 9.17) is 35.4 Å². The van der Waals surface area contributed by atoms with E-state index in [0.717, 1.165) is 10.2 Å². The SMILES string of the molecule is O=C(NC(=S)Nc1cc(-c2nc3ccccc3s2)c(Cl)cc1Cl)c1ccccc1[N+](=O)[O-]. The van der Waals surface area contributed by atoms with Crippen LogP contribution in [0.15, 0.2) is 60.7 Å². The number of anilines is 1. The molecule has 0 fully saturated rings. The molecule has 0 aliphatic heterocycles. The molecule has 0 spiro atoms. The van der Waals surface area contributed by atoms with Crippen molar-refractivity contribution in [3.8, 4) is 10.6 Å². The van der Waals surface area contributed by atoms with E-state index < -0.39 is 10.8 Å². The van der Waals surface area contributed by atoms with Crippen molar-refractivity contribution in [2.24, 2.45) is 0 Å². The predicted molar refractivity (Wildman–Crippen MR) is 132 cm³/mol. The Morgan fingerprint density at radius 3 is 2.53 bits per heavy atom. The highest BCUT2D eigenvalue weighted by atomic mass is 35.5. The molecule has 0 atom stereocenters. The normalized spacial score (nSPS) is 10.7. The summed E-state index contributed by atoms with van der Waals surface area (Å²) in [4.78, 5) is 27.6. The lowest BCUT2D eigenvalue weighted by Gasteiger charge is -2.13. The molecule has 2 N–H and O–H groups in total. The van der Waals surface area contributed by atoms with Crippen LogP contribution in [0.25, 0.3) is 20.8 Å². The number of thiazole rings is 1. The van der Waals surface area contributed by atoms with Crippen LogP contribution in [0.1, 0.15) is 10.4 Å². The van der Waals surface area contributed by atoms with Crippen LogP contribution in [-0.2, 0) is 0 Å². The number of rotatable bonds is 4. The van der Waals surface area contributed by atoms with Gasteiger partial charge in [-0.25, -0.2) is 4.98 Å². The molecule has 11 heteroatoms. The Morgan fingerprint density at radius 2 is 1.78 bits per heavy atom. The van der Waals surface area contributed by atoms with Crippen molar-refractivity contribution in [1.29, 1.82) is 0 Å². The van der Waals surface area contributed by atoms with Gasteiger partial charge in [-0.2, -0.15) is 0 Å². The van der Waals surface area contributed by atoms with Crippen molar-refractivity contribution in [3.05, 3.63) is 86.4 Å². The van der Waals surface area contributed by atoms with Gasteiger partial charge < -0.3 is 5.32 Å². The quantitative estimate of drug-likeness (QED) is 0.193. The first kappa shape index (κ1) is 22.1. The van der Waals surface area contributed by atoms with Gasteiger partial charge in [0.1, 0.15) is 10.6 Å². The molecular formula is C21H12Cl2N4O3S2. The minimum atomic E-state index is -0.716. The number of amides is 1. The van der Waals surface area contributed by atoms with Crippen LogP contribution in [0.2, 0.25) is 10.0 Å². The number of halogens is 2. The molecule has 0 saturated carbocycles. The van der Waals surface area contributed by atoms with Gasteiger partial charge in [0.25, 0.3) is 11.6 Å². The lowest BCUT2D eigenvalue weighted by Crippen LogP contribution is -2.34. The molecule has 3 aromatic carbocycles. The number of carbonyl (C=O) groups is 1. The number of nitro benzene ring substituents is 1. The van der Waals surface area contributed by atoms with E-state index >= 15 is 0 Å². The Hall–Kier alpha value is -3.11. The molecule has 0 unspecified atom stereocenters. The number of hydrogen-bond acceptors (Lipinski definition) is 6. The molecule has 1 aromatic heterocycles. The van der Waals surface area contributed by atoms with Crippen LogP contribution in [0, 0.1) is 10.1 Å². The second kappa shape index (κ2) is 9.17. The van der Waals surface area contributed by atoms with E-state index in [2.05, 4.69) is 15.6 Å². The lowest BCUT2D eigenvalue weighted by atomic mass is 10.1. The summed E-state index contributed by atoms with van der Waals surface area (Å²) in [7, 11) is 0. The minimum Gasteiger partial charge on any atom is -0.331 e. The molecule has 1 amide bonds. The Labute approximate surface area is 201 Å². The van der Waals surface area contributed by atoms with E-state index in [1.165, 1.54) is 35.6 Å². The van der Waals surface area contributed by atoms with Gasteiger partial charge in [-0.1, -0.05) is 47.5 Å². The molecule has 4 aromatic rings. The molecule has 0 aliphatic carbocycles. The first-order valence-corrected chi connectivity index (χ1v) is 11.0. The molecule has 0 bridgehead atoms. The highest BCUT2D eigenvalue weighted by Gasteiger charge is 2.20. The highest BCUT2D eigenvalue weighted by molar-refractivity contribution is 7.80. The largest absolute Gasteiger partial charge is 0.331 e. The Balaban J connectivity index is 1.58. The van der Waals surface area contributed by atoms with Gasteiger partial charge in [0.05, 0.1) is 30.9 Å². The summed E-state index contributed by atoms with van der Waals surface area (Å²) in [5.74, 6) is -0.716. The number of hydrogen-bond donors (Lipinski definition) is 2. The predicted octanol–water partition coefficient (Wildman–Crippen LogP) is 6.31. The van der Waals surface area contributed by atoms with Gasteiger partial charge in [-0.05, 0) is 42.5 Å². The van der Waals surface area contributed by atoms with Crippen molar-refractivity contribution in [3.63, 3.8) is 0 Å². The van der Waals surface area contributed by atoms with Crippen LogP contribution >= 0.6 is 46.8 Å². The van der Waals surface area contributed by atoms with Crippen LogP contribution in [0.5, 0.6) is 0 Å². The van der Waals surface area contributed by atoms with E-state index in [1.54, 1.807) is 12.1 Å². The molecule has 32 heavy (non-hydrogen) atoms. The van der Waals surface area contributed by atoms with Gasteiger partial charge in [-0.3, -0.25) is 20.2 Å². The molecule has 1 heterocycles. The zero-order chi connectivity index (χ0) is 22.8. The molecule has 7 nitrogen and oxygen atoms in total. The number of para-hydroxylation sites is 2. The Bertz CT molecular complexity index is 1360. The number of fused-ring (bicyclic) bond motifs is 1. The average Bonchev–Trinajstić information content (AvgIpc) is 3.19. The van der Waals surface area contributed by atoms with Crippen molar-refractivity contribution in [1.82, 2.24) is 10.3 Å². The summed E-state index contributed by atoms with van der Waals surface area (Å²) in [5.41, 5.74) is 1.46. The molecule has 0 radical (unpaired) electrons. The van der Waals surface area contributed by atoms with Crippen molar-refractivity contribution >= 4 is 79.4 Å². The van der Waals surface area contributed by atoms with Crippen LogP contribution in [0.3, 0.4) is 0 Å². The first-order chi connectivity index (χ1) is 15.3. The van der Waals surface area contributed by atoms with E-state index in [-0.39, 0.29) is 21.4 Å². The summed E-state index contributed by atoms with van der Waals surface area (Å²) in [6, 6.07) is 16.5. The van der Waals surface area contributed by atoms with Crippen LogP contribution in [0.4, 0.5) is 11.4 Å². The third kappa shape index (κ3) is 4.56. The zero-order valence-corrected chi connectivity index (χ0v) is 19.1. The van der Waals surface area contributed by atoms with Crippen molar-refractivity contribution in [2.45, 2.75) is 0 Å². The number of benzene rings is 3. The summed E-state index contributed by atoms with van der Waals surface area (Å²) in [5, 5.41) is 17.8.